The molecule has 2 saturated carbocycles. The summed E-state index contributed by atoms with van der Waals surface area (Å²) in [6, 6.07) is 0. The van der Waals surface area contributed by atoms with Crippen molar-refractivity contribution in [3.05, 3.63) is 23.8 Å². The minimum atomic E-state index is -1.48. The van der Waals surface area contributed by atoms with Crippen LogP contribution < -0.4 is 0 Å². The van der Waals surface area contributed by atoms with E-state index < -0.39 is 48.8 Å². The maximum Gasteiger partial charge on any atom is 0.186 e. The molecular weight excluding hydrogens is 440 g/mol. The second-order valence-corrected chi connectivity index (χ2v) is 11.7. The molecule has 5 rings (SSSR count). The molecule has 4 fully saturated rings. The summed E-state index contributed by atoms with van der Waals surface area (Å²) in [4.78, 5) is 0. The largest absolute Gasteiger partial charge is 0.394 e. The van der Waals surface area contributed by atoms with Crippen LogP contribution >= 0.6 is 0 Å². The zero-order valence-corrected chi connectivity index (χ0v) is 20.2. The predicted molar refractivity (Wildman–Crippen MR) is 122 cm³/mol. The van der Waals surface area contributed by atoms with Crippen molar-refractivity contribution in [3.8, 4) is 0 Å². The van der Waals surface area contributed by atoms with Crippen molar-refractivity contribution >= 4 is 0 Å². The van der Waals surface area contributed by atoms with Crippen molar-refractivity contribution in [1.82, 2.24) is 0 Å². The highest BCUT2D eigenvalue weighted by Gasteiger charge is 2.60. The van der Waals surface area contributed by atoms with Crippen LogP contribution in [-0.4, -0.2) is 88.3 Å². The van der Waals surface area contributed by atoms with E-state index >= 15 is 0 Å². The highest BCUT2D eigenvalue weighted by Crippen LogP contribution is 2.63. The number of aliphatic hydroxyl groups excluding tert-OH is 5. The Morgan fingerprint density at radius 3 is 2.59 bits per heavy atom. The summed E-state index contributed by atoms with van der Waals surface area (Å²) < 4.78 is 17.7. The van der Waals surface area contributed by atoms with E-state index in [1.54, 1.807) is 0 Å². The molecule has 0 aromatic heterocycles. The second kappa shape index (κ2) is 8.92. The van der Waals surface area contributed by atoms with E-state index in [2.05, 4.69) is 19.6 Å². The zero-order chi connectivity index (χ0) is 24.4. The third kappa shape index (κ3) is 3.65. The Kier molecular flexibility index (Phi) is 6.52. The van der Waals surface area contributed by atoms with Gasteiger partial charge in [0, 0.05) is 11.3 Å². The third-order valence-corrected chi connectivity index (χ3v) is 9.94. The third-order valence-electron chi connectivity index (χ3n) is 9.94. The number of ether oxygens (including phenoxy) is 3. The van der Waals surface area contributed by atoms with Crippen molar-refractivity contribution < 1.29 is 39.7 Å². The summed E-state index contributed by atoms with van der Waals surface area (Å²) in [6.07, 6.45) is -0.134. The van der Waals surface area contributed by atoms with E-state index in [0.29, 0.717) is 24.9 Å². The summed E-state index contributed by atoms with van der Waals surface area (Å²) in [5.41, 5.74) is 2.00. The lowest BCUT2D eigenvalue weighted by molar-refractivity contribution is -0.312. The molecule has 0 radical (unpaired) electrons. The van der Waals surface area contributed by atoms with Crippen molar-refractivity contribution in [3.63, 3.8) is 0 Å². The summed E-state index contributed by atoms with van der Waals surface area (Å²) in [5, 5.41) is 51.2. The van der Waals surface area contributed by atoms with Crippen LogP contribution in [0.15, 0.2) is 23.8 Å². The van der Waals surface area contributed by atoms with Gasteiger partial charge in [0.15, 0.2) is 6.29 Å². The summed E-state index contributed by atoms with van der Waals surface area (Å²) in [6.45, 7) is 8.88. The van der Waals surface area contributed by atoms with Gasteiger partial charge in [-0.3, -0.25) is 0 Å². The van der Waals surface area contributed by atoms with Gasteiger partial charge in [-0.05, 0) is 60.5 Å². The Bertz CT molecular complexity index is 828. The number of rotatable bonds is 4. The molecule has 192 valence electrons. The molecule has 0 spiro atoms. The van der Waals surface area contributed by atoms with Gasteiger partial charge >= 0.3 is 0 Å². The first-order chi connectivity index (χ1) is 16.1. The molecule has 0 aromatic rings. The fourth-order valence-corrected chi connectivity index (χ4v) is 7.81. The smallest absolute Gasteiger partial charge is 0.186 e. The molecular formula is C26H40O8. The monoisotopic (exact) mass is 480 g/mol. The quantitative estimate of drug-likeness (QED) is 0.376. The minimum absolute atomic E-state index is 0.0188. The molecule has 2 saturated heterocycles. The summed E-state index contributed by atoms with van der Waals surface area (Å²) >= 11 is 0. The van der Waals surface area contributed by atoms with E-state index in [4.69, 9.17) is 14.2 Å². The topological polar surface area (TPSA) is 129 Å². The Morgan fingerprint density at radius 2 is 1.85 bits per heavy atom. The first kappa shape index (κ1) is 24.8. The maximum atomic E-state index is 11.2. The lowest BCUT2D eigenvalue weighted by Gasteiger charge is -2.61. The standard InChI is InChI=1S/C26H40O8/c1-13-11-32-23-14(13)4-6-16-15(23)5-7-18-25(16,2)9-8-19(28)26(18,3)12-33-24-22(31)21(30)20(29)17(10-27)34-24/h5,14,16-24,27-31H,1,4,6-12H2,2-3H3. The Balaban J connectivity index is 1.37. The van der Waals surface area contributed by atoms with Crippen LogP contribution in [-0.2, 0) is 14.2 Å². The number of allylic oxidation sites excluding steroid dienone is 1. The van der Waals surface area contributed by atoms with Gasteiger partial charge in [-0.25, -0.2) is 0 Å². The van der Waals surface area contributed by atoms with Crippen LogP contribution in [0.4, 0.5) is 0 Å². The molecule has 2 aliphatic heterocycles. The molecule has 2 heterocycles. The Labute approximate surface area is 201 Å². The van der Waals surface area contributed by atoms with E-state index in [0.717, 1.165) is 25.7 Å². The highest BCUT2D eigenvalue weighted by atomic mass is 16.7. The first-order valence-electron chi connectivity index (χ1n) is 12.7. The van der Waals surface area contributed by atoms with Crippen molar-refractivity contribution in [2.24, 2.45) is 28.6 Å². The minimum Gasteiger partial charge on any atom is -0.394 e. The number of hydrogen-bond acceptors (Lipinski definition) is 8. The molecule has 0 amide bonds. The van der Waals surface area contributed by atoms with Gasteiger partial charge in [0.1, 0.15) is 24.4 Å². The number of hydrogen-bond donors (Lipinski definition) is 5. The van der Waals surface area contributed by atoms with Gasteiger partial charge in [-0.15, -0.1) is 0 Å². The fraction of sp³-hybridized carbons (Fsp3) is 0.846. The van der Waals surface area contributed by atoms with Crippen LogP contribution in [0.5, 0.6) is 0 Å². The molecule has 5 N–H and O–H groups in total. The maximum absolute atomic E-state index is 11.2. The summed E-state index contributed by atoms with van der Waals surface area (Å²) in [5.74, 6) is 0.957. The SMILES string of the molecule is C=C1COC2C3=CCC4C(C)(COC5OC(CO)C(O)C(O)C5O)C(O)CCC4(C)C3CCC12. The van der Waals surface area contributed by atoms with E-state index in [1.165, 1.54) is 11.1 Å². The van der Waals surface area contributed by atoms with E-state index in [9.17, 15) is 25.5 Å². The highest BCUT2D eigenvalue weighted by molar-refractivity contribution is 5.31. The predicted octanol–water partition coefficient (Wildman–Crippen LogP) is 0.898. The molecule has 8 heteroatoms. The van der Waals surface area contributed by atoms with Crippen LogP contribution in [0.1, 0.15) is 46.0 Å². The molecule has 12 atom stereocenters. The van der Waals surface area contributed by atoms with Gasteiger partial charge in [0.2, 0.25) is 0 Å². The Hall–Kier alpha value is -0.840. The molecule has 34 heavy (non-hydrogen) atoms. The van der Waals surface area contributed by atoms with Crippen LogP contribution in [0, 0.1) is 28.6 Å². The van der Waals surface area contributed by atoms with Gasteiger partial charge in [0.25, 0.3) is 0 Å². The number of aliphatic hydroxyl groups is 5. The van der Waals surface area contributed by atoms with Crippen LogP contribution in [0.2, 0.25) is 0 Å². The van der Waals surface area contributed by atoms with Gasteiger partial charge < -0.3 is 39.7 Å². The van der Waals surface area contributed by atoms with Crippen LogP contribution in [0.3, 0.4) is 0 Å². The summed E-state index contributed by atoms with van der Waals surface area (Å²) in [7, 11) is 0. The average molecular weight is 481 g/mol. The lowest BCUT2D eigenvalue weighted by atomic mass is 9.45. The molecule has 0 aromatic carbocycles. The molecule has 0 bridgehead atoms. The van der Waals surface area contributed by atoms with Gasteiger partial charge in [-0.1, -0.05) is 26.5 Å². The fourth-order valence-electron chi connectivity index (χ4n) is 7.81. The first-order valence-corrected chi connectivity index (χ1v) is 12.7. The van der Waals surface area contributed by atoms with E-state index in [-0.39, 0.29) is 24.0 Å². The molecule has 12 unspecified atom stereocenters. The van der Waals surface area contributed by atoms with Crippen molar-refractivity contribution in [2.45, 2.75) is 88.9 Å². The zero-order valence-electron chi connectivity index (χ0n) is 20.2. The van der Waals surface area contributed by atoms with Gasteiger partial charge in [0.05, 0.1) is 32.0 Å². The molecule has 5 aliphatic rings. The Morgan fingerprint density at radius 1 is 1.09 bits per heavy atom. The van der Waals surface area contributed by atoms with E-state index in [1.807, 2.05) is 6.92 Å². The van der Waals surface area contributed by atoms with Crippen molar-refractivity contribution in [2.75, 3.05) is 19.8 Å². The number of fused-ring (bicyclic) bond motifs is 5. The average Bonchev–Trinajstić information content (AvgIpc) is 3.21. The molecule has 3 aliphatic carbocycles. The van der Waals surface area contributed by atoms with Crippen LogP contribution in [0.25, 0.3) is 0 Å². The lowest BCUT2D eigenvalue weighted by Crippen LogP contribution is -2.61. The van der Waals surface area contributed by atoms with Crippen molar-refractivity contribution in [1.29, 1.82) is 0 Å². The normalized spacial score (nSPS) is 53.0. The molecule has 8 nitrogen and oxygen atoms in total. The van der Waals surface area contributed by atoms with Gasteiger partial charge in [-0.2, -0.15) is 0 Å². The second-order valence-electron chi connectivity index (χ2n) is 11.7.